The molecule has 2 atom stereocenters. The van der Waals surface area contributed by atoms with Crippen molar-refractivity contribution in [3.63, 3.8) is 0 Å². The lowest BCUT2D eigenvalue weighted by atomic mass is 10.00. The molecular formula is C11H14N2O2. The Morgan fingerprint density at radius 1 is 1.40 bits per heavy atom. The Balaban J connectivity index is 2.77. The van der Waals surface area contributed by atoms with Crippen LogP contribution in [0, 0.1) is 23.2 Å². The van der Waals surface area contributed by atoms with Crippen LogP contribution in [-0.4, -0.2) is 23.3 Å². The van der Waals surface area contributed by atoms with Gasteiger partial charge in [0.1, 0.15) is 0 Å². The number of carbonyl (C=O) groups is 2. The first-order valence-corrected chi connectivity index (χ1v) is 4.91. The fraction of sp³-hybridized carbons (Fsp3) is 0.545. The van der Waals surface area contributed by atoms with E-state index in [-0.39, 0.29) is 30.2 Å². The predicted molar refractivity (Wildman–Crippen MR) is 54.4 cm³/mol. The summed E-state index contributed by atoms with van der Waals surface area (Å²) in [6.07, 6.45) is 1.60. The van der Waals surface area contributed by atoms with E-state index in [0.717, 1.165) is 0 Å². The highest BCUT2D eigenvalue weighted by Gasteiger charge is 2.41. The molecule has 0 aromatic carbocycles. The Kier molecular flexibility index (Phi) is 3.25. The van der Waals surface area contributed by atoms with Crippen LogP contribution in [0.1, 0.15) is 20.8 Å². The molecule has 80 valence electrons. The molecule has 4 nitrogen and oxygen atoms in total. The monoisotopic (exact) mass is 206 g/mol. The van der Waals surface area contributed by atoms with Gasteiger partial charge in [0.15, 0.2) is 0 Å². The molecule has 2 amide bonds. The number of likely N-dealkylation sites (tertiary alicyclic amines) is 1. The van der Waals surface area contributed by atoms with Crippen LogP contribution >= 0.6 is 0 Å². The second-order valence-electron chi connectivity index (χ2n) is 3.86. The van der Waals surface area contributed by atoms with Crippen molar-refractivity contribution < 1.29 is 9.59 Å². The summed E-state index contributed by atoms with van der Waals surface area (Å²) in [6, 6.07) is 1.95. The highest BCUT2D eigenvalue weighted by Crippen LogP contribution is 2.25. The molecule has 0 N–H and O–H groups in total. The van der Waals surface area contributed by atoms with E-state index in [1.54, 1.807) is 26.8 Å². The number of nitrogens with zero attached hydrogens (tertiary/aromatic N) is 2. The molecule has 0 saturated carbocycles. The van der Waals surface area contributed by atoms with Gasteiger partial charge >= 0.3 is 0 Å². The number of hydrogen-bond acceptors (Lipinski definition) is 3. The van der Waals surface area contributed by atoms with Crippen LogP contribution in [0.3, 0.4) is 0 Å². The Morgan fingerprint density at radius 2 is 1.87 bits per heavy atom. The largest absolute Gasteiger partial charge is 0.278 e. The van der Waals surface area contributed by atoms with Crippen LogP contribution in [-0.2, 0) is 9.59 Å². The summed E-state index contributed by atoms with van der Waals surface area (Å²) >= 11 is 0. The summed E-state index contributed by atoms with van der Waals surface area (Å²) in [4.78, 5) is 24.5. The third-order valence-corrected chi connectivity index (χ3v) is 2.82. The number of imide groups is 1. The maximum Gasteiger partial charge on any atom is 0.233 e. The topological polar surface area (TPSA) is 61.2 Å². The minimum absolute atomic E-state index is 0.144. The first-order valence-electron chi connectivity index (χ1n) is 4.91. The van der Waals surface area contributed by atoms with Gasteiger partial charge in [0.25, 0.3) is 0 Å². The molecule has 1 aliphatic rings. The van der Waals surface area contributed by atoms with Crippen molar-refractivity contribution in [3.05, 3.63) is 11.6 Å². The van der Waals surface area contributed by atoms with E-state index >= 15 is 0 Å². The number of hydrogen-bond donors (Lipinski definition) is 0. The third-order valence-electron chi connectivity index (χ3n) is 2.82. The third kappa shape index (κ3) is 2.07. The minimum atomic E-state index is -0.242. The van der Waals surface area contributed by atoms with E-state index in [0.29, 0.717) is 5.57 Å². The summed E-state index contributed by atoms with van der Waals surface area (Å²) in [6.45, 7) is 5.38. The lowest BCUT2D eigenvalue weighted by Crippen LogP contribution is -2.31. The average Bonchev–Trinajstić information content (AvgIpc) is 2.41. The van der Waals surface area contributed by atoms with Crippen molar-refractivity contribution in [1.29, 1.82) is 5.26 Å². The Hall–Kier alpha value is -1.63. The van der Waals surface area contributed by atoms with Crippen molar-refractivity contribution >= 4 is 11.8 Å². The Labute approximate surface area is 89.2 Å². The Bertz CT molecular complexity index is 345. The first-order chi connectivity index (χ1) is 6.99. The van der Waals surface area contributed by atoms with Crippen LogP contribution in [0.25, 0.3) is 0 Å². The SMILES string of the molecule is CC(C#N)=CCN1C(=O)C(C)C(C)C1=O. The number of rotatable bonds is 2. The molecular weight excluding hydrogens is 192 g/mol. The fourth-order valence-electron chi connectivity index (χ4n) is 1.48. The first kappa shape index (κ1) is 11.4. The van der Waals surface area contributed by atoms with Crippen LogP contribution < -0.4 is 0 Å². The number of allylic oxidation sites excluding steroid dienone is 1. The van der Waals surface area contributed by atoms with E-state index in [2.05, 4.69) is 0 Å². The molecule has 1 saturated heterocycles. The van der Waals surface area contributed by atoms with E-state index in [1.165, 1.54) is 4.90 Å². The molecule has 1 aliphatic heterocycles. The van der Waals surface area contributed by atoms with Gasteiger partial charge < -0.3 is 0 Å². The zero-order valence-corrected chi connectivity index (χ0v) is 9.15. The van der Waals surface area contributed by atoms with Crippen molar-refractivity contribution in [1.82, 2.24) is 4.90 Å². The van der Waals surface area contributed by atoms with Crippen LogP contribution in [0.4, 0.5) is 0 Å². The number of carbonyl (C=O) groups excluding carboxylic acids is 2. The summed E-state index contributed by atoms with van der Waals surface area (Å²) in [5.74, 6) is -0.773. The lowest BCUT2D eigenvalue weighted by Gasteiger charge is -2.11. The van der Waals surface area contributed by atoms with Gasteiger partial charge in [-0.1, -0.05) is 19.9 Å². The standard InChI is InChI=1S/C11H14N2O2/c1-7(6-12)4-5-13-10(14)8(2)9(3)11(13)15/h4,8-9H,5H2,1-3H3. The van der Waals surface area contributed by atoms with Gasteiger partial charge in [-0.05, 0) is 6.92 Å². The molecule has 0 aliphatic carbocycles. The molecule has 1 rings (SSSR count). The predicted octanol–water partition coefficient (Wildman–Crippen LogP) is 1.10. The van der Waals surface area contributed by atoms with Gasteiger partial charge in [-0.3, -0.25) is 14.5 Å². The van der Waals surface area contributed by atoms with Gasteiger partial charge in [-0.15, -0.1) is 0 Å². The molecule has 1 fully saturated rings. The normalized spacial score (nSPS) is 27.1. The maximum atomic E-state index is 11.6. The van der Waals surface area contributed by atoms with E-state index in [9.17, 15) is 9.59 Å². The molecule has 0 spiro atoms. The summed E-state index contributed by atoms with van der Waals surface area (Å²) < 4.78 is 0. The minimum Gasteiger partial charge on any atom is -0.278 e. The highest BCUT2D eigenvalue weighted by atomic mass is 16.2. The summed E-state index contributed by atoms with van der Waals surface area (Å²) in [5.41, 5.74) is 0.516. The van der Waals surface area contributed by atoms with Crippen molar-refractivity contribution in [2.24, 2.45) is 11.8 Å². The van der Waals surface area contributed by atoms with Crippen LogP contribution in [0.2, 0.25) is 0 Å². The van der Waals surface area contributed by atoms with E-state index in [4.69, 9.17) is 5.26 Å². The van der Waals surface area contributed by atoms with Gasteiger partial charge in [0.2, 0.25) is 11.8 Å². The quantitative estimate of drug-likeness (QED) is 0.502. The van der Waals surface area contributed by atoms with Crippen LogP contribution in [0.5, 0.6) is 0 Å². The van der Waals surface area contributed by atoms with Crippen LogP contribution in [0.15, 0.2) is 11.6 Å². The molecule has 0 aromatic rings. The van der Waals surface area contributed by atoms with Gasteiger partial charge in [-0.25, -0.2) is 0 Å². The Morgan fingerprint density at radius 3 is 2.27 bits per heavy atom. The molecule has 0 aromatic heterocycles. The molecule has 15 heavy (non-hydrogen) atoms. The zero-order valence-electron chi connectivity index (χ0n) is 9.15. The molecule has 0 radical (unpaired) electrons. The van der Waals surface area contributed by atoms with Crippen molar-refractivity contribution in [2.45, 2.75) is 20.8 Å². The molecule has 2 unspecified atom stereocenters. The number of amides is 2. The zero-order chi connectivity index (χ0) is 11.6. The second kappa shape index (κ2) is 4.26. The van der Waals surface area contributed by atoms with E-state index < -0.39 is 0 Å². The molecule has 0 bridgehead atoms. The summed E-state index contributed by atoms with van der Waals surface area (Å²) in [5, 5.41) is 8.54. The second-order valence-corrected chi connectivity index (χ2v) is 3.86. The van der Waals surface area contributed by atoms with Gasteiger partial charge in [-0.2, -0.15) is 5.26 Å². The maximum absolute atomic E-state index is 11.6. The van der Waals surface area contributed by atoms with Gasteiger partial charge in [0.05, 0.1) is 6.07 Å². The van der Waals surface area contributed by atoms with Crippen molar-refractivity contribution in [3.8, 4) is 6.07 Å². The van der Waals surface area contributed by atoms with E-state index in [1.807, 2.05) is 6.07 Å². The summed E-state index contributed by atoms with van der Waals surface area (Å²) in [7, 11) is 0. The smallest absolute Gasteiger partial charge is 0.233 e. The van der Waals surface area contributed by atoms with Gasteiger partial charge in [0, 0.05) is 24.0 Å². The highest BCUT2D eigenvalue weighted by molar-refractivity contribution is 6.04. The fourth-order valence-corrected chi connectivity index (χ4v) is 1.48. The molecule has 1 heterocycles. The lowest BCUT2D eigenvalue weighted by molar-refractivity contribution is -0.139. The van der Waals surface area contributed by atoms with Crippen molar-refractivity contribution in [2.75, 3.05) is 6.54 Å². The number of nitriles is 1. The molecule has 4 heteroatoms. The average molecular weight is 206 g/mol.